The highest BCUT2D eigenvalue weighted by atomic mass is 35.5. The second-order valence-electron chi connectivity index (χ2n) is 3.51. The fraction of sp³-hybridized carbons (Fsp3) is 0.273. The maximum atomic E-state index is 11.5. The first-order valence-electron chi connectivity index (χ1n) is 4.90. The van der Waals surface area contributed by atoms with Crippen LogP contribution in [0.1, 0.15) is 11.1 Å². The molecule has 0 bridgehead atoms. The van der Waals surface area contributed by atoms with Gasteiger partial charge < -0.3 is 11.1 Å². The molecule has 1 rings (SSSR count). The fourth-order valence-corrected chi connectivity index (χ4v) is 1.20. The van der Waals surface area contributed by atoms with Crippen molar-refractivity contribution in [1.82, 2.24) is 5.32 Å². The van der Waals surface area contributed by atoms with Crippen LogP contribution in [0.25, 0.3) is 0 Å². The fourth-order valence-electron chi connectivity index (χ4n) is 1.20. The number of carbonyl (C=O) groups is 1. The average Bonchev–Trinajstić information content (AvgIpc) is 2.23. The number of anilines is 1. The Morgan fingerprint density at radius 3 is 2.59 bits per heavy atom. The van der Waals surface area contributed by atoms with Crippen molar-refractivity contribution in [3.05, 3.63) is 29.3 Å². The van der Waals surface area contributed by atoms with E-state index in [4.69, 9.17) is 5.73 Å². The van der Waals surface area contributed by atoms with Crippen LogP contribution in [-0.4, -0.2) is 19.0 Å². The van der Waals surface area contributed by atoms with E-state index < -0.39 is 6.03 Å². The van der Waals surface area contributed by atoms with Gasteiger partial charge in [0.25, 0.3) is 0 Å². The number of guanidine groups is 1. The molecule has 17 heavy (non-hydrogen) atoms. The van der Waals surface area contributed by atoms with Crippen LogP contribution in [0.3, 0.4) is 0 Å². The zero-order valence-corrected chi connectivity index (χ0v) is 10.9. The summed E-state index contributed by atoms with van der Waals surface area (Å²) in [4.78, 5) is 15.1. The minimum Gasteiger partial charge on any atom is -0.370 e. The van der Waals surface area contributed by atoms with E-state index in [-0.39, 0.29) is 18.4 Å². The molecule has 0 radical (unpaired) electrons. The number of urea groups is 1. The zero-order valence-electron chi connectivity index (χ0n) is 10.1. The van der Waals surface area contributed by atoms with Crippen LogP contribution < -0.4 is 16.4 Å². The summed E-state index contributed by atoms with van der Waals surface area (Å²) in [6.07, 6.45) is 0. The molecule has 0 aliphatic heterocycles. The van der Waals surface area contributed by atoms with Crippen LogP contribution in [0.15, 0.2) is 23.2 Å². The summed E-state index contributed by atoms with van der Waals surface area (Å²) in [7, 11) is 1.51. The second-order valence-corrected chi connectivity index (χ2v) is 3.51. The van der Waals surface area contributed by atoms with Crippen molar-refractivity contribution in [2.75, 3.05) is 12.4 Å². The van der Waals surface area contributed by atoms with Crippen molar-refractivity contribution in [3.63, 3.8) is 0 Å². The van der Waals surface area contributed by atoms with Gasteiger partial charge in [-0.25, -0.2) is 4.79 Å². The first-order valence-corrected chi connectivity index (χ1v) is 4.90. The zero-order chi connectivity index (χ0) is 12.1. The van der Waals surface area contributed by atoms with Crippen LogP contribution in [0.2, 0.25) is 0 Å². The van der Waals surface area contributed by atoms with Gasteiger partial charge >= 0.3 is 6.03 Å². The highest BCUT2D eigenvalue weighted by molar-refractivity contribution is 6.02. The molecular weight excluding hydrogens is 240 g/mol. The van der Waals surface area contributed by atoms with Gasteiger partial charge in [0.1, 0.15) is 0 Å². The van der Waals surface area contributed by atoms with E-state index in [2.05, 4.69) is 15.6 Å². The molecule has 0 aliphatic carbocycles. The van der Waals surface area contributed by atoms with Crippen molar-refractivity contribution in [3.8, 4) is 0 Å². The van der Waals surface area contributed by atoms with Crippen molar-refractivity contribution in [2.24, 2.45) is 10.7 Å². The molecule has 0 saturated carbocycles. The Hall–Kier alpha value is -1.75. The van der Waals surface area contributed by atoms with Gasteiger partial charge in [-0.1, -0.05) is 12.1 Å². The van der Waals surface area contributed by atoms with E-state index in [1.807, 2.05) is 32.0 Å². The second kappa shape index (κ2) is 6.75. The molecule has 0 atom stereocenters. The molecule has 0 spiro atoms. The molecule has 0 fully saturated rings. The third-order valence-corrected chi connectivity index (χ3v) is 2.12. The molecule has 0 heterocycles. The summed E-state index contributed by atoms with van der Waals surface area (Å²) in [6.45, 7) is 3.89. The average molecular weight is 257 g/mol. The van der Waals surface area contributed by atoms with Crippen LogP contribution >= 0.6 is 12.4 Å². The number of rotatable bonds is 1. The highest BCUT2D eigenvalue weighted by Gasteiger charge is 2.05. The molecular formula is C11H17ClN4O. The summed E-state index contributed by atoms with van der Waals surface area (Å²) in [6, 6.07) is 5.44. The maximum absolute atomic E-state index is 11.5. The summed E-state index contributed by atoms with van der Waals surface area (Å²) in [5, 5.41) is 5.11. The number of carbonyl (C=O) groups excluding carboxylic acids is 1. The van der Waals surface area contributed by atoms with E-state index in [1.165, 1.54) is 7.05 Å². The molecule has 0 saturated heterocycles. The first kappa shape index (κ1) is 15.2. The number of nitrogens with one attached hydrogen (secondary N) is 2. The third-order valence-electron chi connectivity index (χ3n) is 2.12. The number of amides is 2. The van der Waals surface area contributed by atoms with Gasteiger partial charge in [-0.15, -0.1) is 12.4 Å². The van der Waals surface area contributed by atoms with Gasteiger partial charge in [0.05, 0.1) is 0 Å². The number of halogens is 1. The Bertz CT molecular complexity index is 431. The highest BCUT2D eigenvalue weighted by Crippen LogP contribution is 2.15. The lowest BCUT2D eigenvalue weighted by Gasteiger charge is -2.09. The monoisotopic (exact) mass is 256 g/mol. The largest absolute Gasteiger partial charge is 0.370 e. The van der Waals surface area contributed by atoms with Gasteiger partial charge in [-0.2, -0.15) is 0 Å². The minimum atomic E-state index is -0.392. The minimum absolute atomic E-state index is 0. The van der Waals surface area contributed by atoms with E-state index >= 15 is 0 Å². The number of nitrogens with two attached hydrogens (primary N) is 1. The number of aryl methyl sites for hydroxylation is 2. The van der Waals surface area contributed by atoms with E-state index in [1.54, 1.807) is 0 Å². The van der Waals surface area contributed by atoms with Crippen molar-refractivity contribution in [2.45, 2.75) is 13.8 Å². The summed E-state index contributed by atoms with van der Waals surface area (Å²) >= 11 is 0. The molecule has 2 amide bonds. The van der Waals surface area contributed by atoms with Gasteiger partial charge in [-0.3, -0.25) is 10.3 Å². The topological polar surface area (TPSA) is 79.5 Å². The predicted molar refractivity (Wildman–Crippen MR) is 72.9 cm³/mol. The van der Waals surface area contributed by atoms with Crippen LogP contribution in [0.4, 0.5) is 10.5 Å². The Morgan fingerprint density at radius 1 is 1.35 bits per heavy atom. The SMILES string of the molecule is CN=C(N)NC(=O)Nc1cc(C)ccc1C.Cl. The Kier molecular flexibility index (Phi) is 6.06. The smallest absolute Gasteiger partial charge is 0.325 e. The number of nitrogens with zero attached hydrogens (tertiary/aromatic N) is 1. The molecule has 0 aliphatic rings. The Morgan fingerprint density at radius 2 is 2.00 bits per heavy atom. The Balaban J connectivity index is 0.00000256. The molecule has 4 N–H and O–H groups in total. The molecule has 0 aromatic heterocycles. The first-order chi connectivity index (χ1) is 7.52. The van der Waals surface area contributed by atoms with Crippen LogP contribution in [-0.2, 0) is 0 Å². The molecule has 1 aromatic carbocycles. The lowest BCUT2D eigenvalue weighted by molar-refractivity contribution is 0.256. The van der Waals surface area contributed by atoms with Crippen LogP contribution in [0, 0.1) is 13.8 Å². The molecule has 5 nitrogen and oxygen atoms in total. The molecule has 1 aromatic rings. The predicted octanol–water partition coefficient (Wildman–Crippen LogP) is 1.79. The van der Waals surface area contributed by atoms with Gasteiger partial charge in [0, 0.05) is 12.7 Å². The summed E-state index contributed by atoms with van der Waals surface area (Å²) in [5.74, 6) is 0.0859. The van der Waals surface area contributed by atoms with Gasteiger partial charge in [0.2, 0.25) is 0 Å². The maximum Gasteiger partial charge on any atom is 0.325 e. The summed E-state index contributed by atoms with van der Waals surface area (Å²) < 4.78 is 0. The van der Waals surface area contributed by atoms with Crippen molar-refractivity contribution >= 4 is 30.1 Å². The van der Waals surface area contributed by atoms with Gasteiger partial charge in [0.15, 0.2) is 5.96 Å². The lowest BCUT2D eigenvalue weighted by Crippen LogP contribution is -2.39. The van der Waals surface area contributed by atoms with Gasteiger partial charge in [-0.05, 0) is 31.0 Å². The van der Waals surface area contributed by atoms with E-state index in [0.717, 1.165) is 16.8 Å². The van der Waals surface area contributed by atoms with E-state index in [0.29, 0.717) is 0 Å². The van der Waals surface area contributed by atoms with Crippen LogP contribution in [0.5, 0.6) is 0 Å². The number of hydrogen-bond acceptors (Lipinski definition) is 2. The quantitative estimate of drug-likeness (QED) is 0.529. The number of hydrogen-bond donors (Lipinski definition) is 3. The normalized spacial score (nSPS) is 10.4. The molecule has 0 unspecified atom stereocenters. The van der Waals surface area contributed by atoms with Crippen molar-refractivity contribution in [1.29, 1.82) is 0 Å². The Labute approximate surface area is 107 Å². The van der Waals surface area contributed by atoms with E-state index in [9.17, 15) is 4.79 Å². The lowest BCUT2D eigenvalue weighted by atomic mass is 10.1. The molecule has 6 heteroatoms. The number of benzene rings is 1. The number of aliphatic imine (C=N–C) groups is 1. The third kappa shape index (κ3) is 4.74. The van der Waals surface area contributed by atoms with Crippen molar-refractivity contribution < 1.29 is 4.79 Å². The summed E-state index contributed by atoms with van der Waals surface area (Å²) in [5.41, 5.74) is 8.21. The standard InChI is InChI=1S/C11H16N4O.ClH/c1-7-4-5-8(2)9(6-7)14-11(16)15-10(12)13-3;/h4-6H,1-3H3,(H4,12,13,14,15,16);1H. The molecule has 94 valence electrons.